The van der Waals surface area contributed by atoms with Crippen molar-refractivity contribution in [3.8, 4) is 5.69 Å². The first kappa shape index (κ1) is 12.6. The van der Waals surface area contributed by atoms with E-state index in [0.29, 0.717) is 5.95 Å². The maximum atomic E-state index is 4.54. The van der Waals surface area contributed by atoms with Crippen LogP contribution in [0.5, 0.6) is 0 Å². The van der Waals surface area contributed by atoms with Crippen molar-refractivity contribution in [2.24, 2.45) is 0 Å². The molecule has 5 heteroatoms. The number of rotatable bonds is 3. The number of imidazole rings is 1. The minimum Gasteiger partial charge on any atom is -0.324 e. The Kier molecular flexibility index (Phi) is 2.89. The minimum absolute atomic E-state index is 0.707. The molecule has 0 saturated heterocycles. The zero-order valence-corrected chi connectivity index (χ0v) is 12.1. The highest BCUT2D eigenvalue weighted by atomic mass is 15.3. The average Bonchev–Trinajstić information content (AvgIpc) is 3.11. The maximum Gasteiger partial charge on any atom is 0.206 e. The molecule has 0 unspecified atom stereocenters. The number of benzene rings is 2. The lowest BCUT2D eigenvalue weighted by molar-refractivity contribution is 0.868. The van der Waals surface area contributed by atoms with Gasteiger partial charge in [0, 0.05) is 6.07 Å². The van der Waals surface area contributed by atoms with Gasteiger partial charge in [0.25, 0.3) is 0 Å². The van der Waals surface area contributed by atoms with Gasteiger partial charge >= 0.3 is 0 Å². The Morgan fingerprint density at radius 2 is 1.77 bits per heavy atom. The van der Waals surface area contributed by atoms with Crippen LogP contribution >= 0.6 is 0 Å². The van der Waals surface area contributed by atoms with Crippen LogP contribution in [0.4, 0.5) is 11.8 Å². The van der Waals surface area contributed by atoms with Gasteiger partial charge < -0.3 is 10.3 Å². The van der Waals surface area contributed by atoms with E-state index in [1.165, 1.54) is 0 Å². The molecule has 0 bridgehead atoms. The number of aryl methyl sites for hydroxylation is 1. The largest absolute Gasteiger partial charge is 0.324 e. The van der Waals surface area contributed by atoms with Crippen LogP contribution in [0.15, 0.2) is 60.7 Å². The first-order valence-corrected chi connectivity index (χ1v) is 7.13. The van der Waals surface area contributed by atoms with Gasteiger partial charge in [0.1, 0.15) is 5.82 Å². The molecule has 22 heavy (non-hydrogen) atoms. The van der Waals surface area contributed by atoms with E-state index in [9.17, 15) is 0 Å². The zero-order valence-electron chi connectivity index (χ0n) is 12.1. The van der Waals surface area contributed by atoms with Crippen LogP contribution in [0.1, 0.15) is 5.69 Å². The van der Waals surface area contributed by atoms with Gasteiger partial charge in [-0.15, -0.1) is 0 Å². The second-order valence-electron chi connectivity index (χ2n) is 5.15. The van der Waals surface area contributed by atoms with Crippen LogP contribution in [0.25, 0.3) is 16.7 Å². The van der Waals surface area contributed by atoms with Gasteiger partial charge in [-0.25, -0.2) is 9.67 Å². The molecular formula is C17H15N5. The van der Waals surface area contributed by atoms with Gasteiger partial charge in [0.15, 0.2) is 0 Å². The van der Waals surface area contributed by atoms with E-state index in [1.54, 1.807) is 0 Å². The molecule has 4 aromatic rings. The molecule has 0 fully saturated rings. The van der Waals surface area contributed by atoms with E-state index in [1.807, 2.05) is 72.3 Å². The Hall–Kier alpha value is -3.08. The van der Waals surface area contributed by atoms with Crippen molar-refractivity contribution < 1.29 is 0 Å². The summed E-state index contributed by atoms with van der Waals surface area (Å²) in [4.78, 5) is 7.81. The molecule has 0 aliphatic carbocycles. The highest BCUT2D eigenvalue weighted by Crippen LogP contribution is 2.21. The lowest BCUT2D eigenvalue weighted by Gasteiger charge is -2.07. The third-order valence-corrected chi connectivity index (χ3v) is 3.47. The third-order valence-electron chi connectivity index (χ3n) is 3.47. The predicted molar refractivity (Wildman–Crippen MR) is 87.7 cm³/mol. The molecule has 5 nitrogen and oxygen atoms in total. The first-order chi connectivity index (χ1) is 10.8. The summed E-state index contributed by atoms with van der Waals surface area (Å²) in [5, 5.41) is 7.86. The third kappa shape index (κ3) is 2.22. The molecule has 2 N–H and O–H groups in total. The Bertz CT molecular complexity index is 888. The topological polar surface area (TPSA) is 58.5 Å². The lowest BCUT2D eigenvalue weighted by Crippen LogP contribution is -2.03. The van der Waals surface area contributed by atoms with Crippen LogP contribution in [-0.2, 0) is 0 Å². The van der Waals surface area contributed by atoms with Crippen molar-refractivity contribution in [1.82, 2.24) is 19.7 Å². The van der Waals surface area contributed by atoms with Crippen molar-refractivity contribution in [1.29, 1.82) is 0 Å². The lowest BCUT2D eigenvalue weighted by atomic mass is 10.3. The van der Waals surface area contributed by atoms with Crippen molar-refractivity contribution in [2.45, 2.75) is 6.92 Å². The number of nitrogens with one attached hydrogen (secondary N) is 2. The summed E-state index contributed by atoms with van der Waals surface area (Å²) in [6.07, 6.45) is 0. The first-order valence-electron chi connectivity index (χ1n) is 7.13. The van der Waals surface area contributed by atoms with E-state index in [0.717, 1.165) is 28.2 Å². The van der Waals surface area contributed by atoms with Gasteiger partial charge in [-0.2, -0.15) is 5.10 Å². The fourth-order valence-electron chi connectivity index (χ4n) is 2.49. The van der Waals surface area contributed by atoms with Crippen molar-refractivity contribution >= 4 is 22.8 Å². The molecule has 0 spiro atoms. The number of nitrogens with zero attached hydrogens (tertiary/aromatic N) is 3. The summed E-state index contributed by atoms with van der Waals surface area (Å²) >= 11 is 0. The highest BCUT2D eigenvalue weighted by molar-refractivity contribution is 5.78. The van der Waals surface area contributed by atoms with E-state index < -0.39 is 0 Å². The molecule has 0 atom stereocenters. The number of aromatic nitrogens is 4. The summed E-state index contributed by atoms with van der Waals surface area (Å²) in [5.41, 5.74) is 3.90. The molecule has 0 aliphatic rings. The monoisotopic (exact) mass is 289 g/mol. The van der Waals surface area contributed by atoms with Gasteiger partial charge in [-0.1, -0.05) is 30.3 Å². The molecule has 0 amide bonds. The molecule has 2 aromatic heterocycles. The molecule has 2 heterocycles. The Morgan fingerprint density at radius 1 is 1.00 bits per heavy atom. The molecule has 0 saturated carbocycles. The Labute approximate surface area is 127 Å². The van der Waals surface area contributed by atoms with Crippen LogP contribution in [0, 0.1) is 6.92 Å². The summed E-state index contributed by atoms with van der Waals surface area (Å²) in [6.45, 7) is 1.98. The molecule has 108 valence electrons. The molecule has 4 rings (SSSR count). The van der Waals surface area contributed by atoms with Crippen molar-refractivity contribution in [3.63, 3.8) is 0 Å². The van der Waals surface area contributed by atoms with E-state index >= 15 is 0 Å². The van der Waals surface area contributed by atoms with Gasteiger partial charge in [-0.3, -0.25) is 0 Å². The average molecular weight is 289 g/mol. The number of aromatic amines is 1. The standard InChI is InChI=1S/C17H15N5/c1-12-11-16(22(21-12)13-7-3-2-4-8-13)20-17-18-14-9-5-6-10-15(14)19-17/h2-11H,1H3,(H2,18,19,20). The second-order valence-corrected chi connectivity index (χ2v) is 5.15. The van der Waals surface area contributed by atoms with Gasteiger partial charge in [0.05, 0.1) is 22.4 Å². The maximum absolute atomic E-state index is 4.54. The van der Waals surface area contributed by atoms with Crippen molar-refractivity contribution in [2.75, 3.05) is 5.32 Å². The fourth-order valence-corrected chi connectivity index (χ4v) is 2.49. The summed E-state index contributed by atoms with van der Waals surface area (Å²) in [5.74, 6) is 1.58. The summed E-state index contributed by atoms with van der Waals surface area (Å²) < 4.78 is 1.88. The number of hydrogen-bond donors (Lipinski definition) is 2. The van der Waals surface area contributed by atoms with E-state index in [4.69, 9.17) is 0 Å². The van der Waals surface area contributed by atoms with Crippen molar-refractivity contribution in [3.05, 3.63) is 66.4 Å². The SMILES string of the molecule is Cc1cc(Nc2nc3ccccc3[nH]2)n(-c2ccccc2)n1. The zero-order chi connectivity index (χ0) is 14.9. The number of H-pyrrole nitrogens is 1. The number of hydrogen-bond acceptors (Lipinski definition) is 3. The highest BCUT2D eigenvalue weighted by Gasteiger charge is 2.09. The van der Waals surface area contributed by atoms with Gasteiger partial charge in [0.2, 0.25) is 5.95 Å². The Balaban J connectivity index is 1.74. The predicted octanol–water partition coefficient (Wildman–Crippen LogP) is 3.80. The van der Waals surface area contributed by atoms with Crippen LogP contribution in [0.3, 0.4) is 0 Å². The van der Waals surface area contributed by atoms with Gasteiger partial charge in [-0.05, 0) is 31.2 Å². The van der Waals surface area contributed by atoms with Crippen LogP contribution in [-0.4, -0.2) is 19.7 Å². The molecular weight excluding hydrogens is 274 g/mol. The fraction of sp³-hybridized carbons (Fsp3) is 0.0588. The number of anilines is 2. The number of para-hydroxylation sites is 3. The van der Waals surface area contributed by atoms with E-state index in [2.05, 4.69) is 20.4 Å². The minimum atomic E-state index is 0.707. The molecule has 0 radical (unpaired) electrons. The Morgan fingerprint density at radius 3 is 2.59 bits per heavy atom. The van der Waals surface area contributed by atoms with Crippen LogP contribution in [0.2, 0.25) is 0 Å². The van der Waals surface area contributed by atoms with Crippen LogP contribution < -0.4 is 5.32 Å². The quantitative estimate of drug-likeness (QED) is 0.603. The van der Waals surface area contributed by atoms with E-state index in [-0.39, 0.29) is 0 Å². The summed E-state index contributed by atoms with van der Waals surface area (Å²) in [6, 6.07) is 20.0. The normalized spacial score (nSPS) is 11.0. The number of fused-ring (bicyclic) bond motifs is 1. The second kappa shape index (κ2) is 5.04. The summed E-state index contributed by atoms with van der Waals surface area (Å²) in [7, 11) is 0. The molecule has 2 aromatic carbocycles. The smallest absolute Gasteiger partial charge is 0.206 e. The molecule has 0 aliphatic heterocycles.